The Balaban J connectivity index is 0.00000280. The van der Waals surface area contributed by atoms with E-state index in [-0.39, 0.29) is 63.3 Å². The largest absolute Gasteiger partial charge is 1.00 e. The molecule has 138 valence electrons. The Labute approximate surface area is 207 Å². The number of carbonyl (C=O) groups is 1. The zero-order valence-electron chi connectivity index (χ0n) is 16.5. The summed E-state index contributed by atoms with van der Waals surface area (Å²) in [5, 5.41) is 5.90. The predicted octanol–water partition coefficient (Wildman–Crippen LogP) is -0.704. The van der Waals surface area contributed by atoms with Gasteiger partial charge in [0.2, 0.25) is 0 Å². The number of amides is 1. The van der Waals surface area contributed by atoms with Crippen LogP contribution in [0.15, 0.2) is 47.9 Å². The number of pyridine rings is 2. The first-order chi connectivity index (χ1) is 13.0. The van der Waals surface area contributed by atoms with Crippen molar-refractivity contribution in [3.63, 3.8) is 0 Å². The zero-order chi connectivity index (χ0) is 19.2. The van der Waals surface area contributed by atoms with Crippen LogP contribution in [0.25, 0.3) is 0 Å². The first-order valence-electron chi connectivity index (χ1n) is 8.53. The molecule has 1 amide bonds. The van der Waals surface area contributed by atoms with Crippen molar-refractivity contribution in [2.45, 2.75) is 19.9 Å². The van der Waals surface area contributed by atoms with Crippen LogP contribution in [-0.2, 0) is 0 Å². The van der Waals surface area contributed by atoms with Gasteiger partial charge in [-0.25, -0.2) is 4.98 Å². The second-order valence-electron chi connectivity index (χ2n) is 6.27. The molecule has 0 saturated carbocycles. The minimum Gasteiger partial charge on any atom is -0.559 e. The van der Waals surface area contributed by atoms with E-state index in [0.717, 1.165) is 17.0 Å². The molecule has 1 unspecified atom stereocenters. The van der Waals surface area contributed by atoms with Crippen molar-refractivity contribution in [2.75, 3.05) is 12.4 Å². The zero-order valence-corrected chi connectivity index (χ0v) is 19.6. The van der Waals surface area contributed by atoms with Gasteiger partial charge >= 0.3 is 51.4 Å². The number of anilines is 1. The van der Waals surface area contributed by atoms with E-state index in [4.69, 9.17) is 0 Å². The van der Waals surface area contributed by atoms with Crippen molar-refractivity contribution in [3.8, 4) is 0 Å². The smallest absolute Gasteiger partial charge is 0.559 e. The maximum Gasteiger partial charge on any atom is 1.00 e. The van der Waals surface area contributed by atoms with Crippen molar-refractivity contribution >= 4 is 23.7 Å². The molecule has 0 spiro atoms. The molecular formula is C20H21KN6O. The first kappa shape index (κ1) is 22.4. The van der Waals surface area contributed by atoms with Gasteiger partial charge in [0.25, 0.3) is 5.91 Å². The van der Waals surface area contributed by atoms with Gasteiger partial charge in [0.1, 0.15) is 12.9 Å². The van der Waals surface area contributed by atoms with Crippen molar-refractivity contribution in [2.24, 2.45) is 4.99 Å². The Morgan fingerprint density at radius 3 is 2.89 bits per heavy atom. The van der Waals surface area contributed by atoms with E-state index in [1.165, 1.54) is 6.20 Å². The van der Waals surface area contributed by atoms with E-state index in [1.807, 2.05) is 50.4 Å². The summed E-state index contributed by atoms with van der Waals surface area (Å²) in [6.07, 6.45) is 9.67. The second-order valence-corrected chi connectivity index (χ2v) is 6.27. The van der Waals surface area contributed by atoms with Crippen LogP contribution >= 0.6 is 0 Å². The molecule has 1 aliphatic rings. The van der Waals surface area contributed by atoms with Gasteiger partial charge in [-0.15, -0.1) is 6.20 Å². The number of nitrogens with zero attached hydrogens (tertiary/aromatic N) is 4. The molecular weight excluding hydrogens is 379 g/mol. The summed E-state index contributed by atoms with van der Waals surface area (Å²) in [5.41, 5.74) is 3.11. The third kappa shape index (κ3) is 6.35. The van der Waals surface area contributed by atoms with Crippen LogP contribution in [0, 0.1) is 19.7 Å². The van der Waals surface area contributed by atoms with Gasteiger partial charge in [-0.1, -0.05) is 6.07 Å². The van der Waals surface area contributed by atoms with Crippen LogP contribution in [0.2, 0.25) is 0 Å². The quantitative estimate of drug-likeness (QED) is 0.291. The van der Waals surface area contributed by atoms with Gasteiger partial charge in [0.05, 0.1) is 29.7 Å². The third-order valence-electron chi connectivity index (χ3n) is 3.84. The van der Waals surface area contributed by atoms with E-state index in [9.17, 15) is 4.79 Å². The Kier molecular flexibility index (Phi) is 8.52. The van der Waals surface area contributed by atoms with Crippen LogP contribution in [0.3, 0.4) is 0 Å². The summed E-state index contributed by atoms with van der Waals surface area (Å²) in [6, 6.07) is 7.18. The molecule has 3 rings (SSSR count). The van der Waals surface area contributed by atoms with Crippen molar-refractivity contribution in [1.82, 2.24) is 15.3 Å². The molecule has 2 N–H and O–H groups in total. The number of hydrogen-bond donors (Lipinski definition) is 2. The average molecular weight is 401 g/mol. The fourth-order valence-electron chi connectivity index (χ4n) is 2.45. The first-order valence-corrected chi connectivity index (χ1v) is 8.53. The van der Waals surface area contributed by atoms with Gasteiger partial charge < -0.3 is 26.4 Å². The molecule has 0 radical (unpaired) electrons. The van der Waals surface area contributed by atoms with Gasteiger partial charge in [0.15, 0.2) is 0 Å². The summed E-state index contributed by atoms with van der Waals surface area (Å²) in [4.78, 5) is 25.1. The van der Waals surface area contributed by atoms with Crippen LogP contribution in [0.4, 0.5) is 5.82 Å². The van der Waals surface area contributed by atoms with Crippen molar-refractivity contribution in [1.29, 1.82) is 0 Å². The minimum absolute atomic E-state index is 0. The van der Waals surface area contributed by atoms with Crippen LogP contribution in [-0.4, -0.2) is 39.4 Å². The van der Waals surface area contributed by atoms with E-state index in [2.05, 4.69) is 31.8 Å². The molecule has 1 aliphatic heterocycles. The summed E-state index contributed by atoms with van der Waals surface area (Å²) in [6.45, 7) is 5.77. The molecule has 0 aliphatic carbocycles. The van der Waals surface area contributed by atoms with Gasteiger partial charge in [-0.3, -0.25) is 9.78 Å². The monoisotopic (exact) mass is 400 g/mol. The number of hydrogen-bond acceptors (Lipinski definition) is 5. The molecule has 2 aromatic rings. The molecule has 0 aromatic carbocycles. The molecule has 2 aromatic heterocycles. The Hall–Kier alpha value is -1.84. The fraction of sp³-hybridized carbons (Fsp3) is 0.200. The molecule has 28 heavy (non-hydrogen) atoms. The SMILES string of the molecule is Cc1cncc(C(=O)Nc2cccc(C(C)N[C-]=CN=C3C=[N+](C)[CH-]3)n2)c1.[K+]. The van der Waals surface area contributed by atoms with Crippen LogP contribution in [0.5, 0.6) is 0 Å². The summed E-state index contributed by atoms with van der Waals surface area (Å²) < 4.78 is 1.93. The topological polar surface area (TPSA) is 82.3 Å². The second kappa shape index (κ2) is 10.6. The molecule has 0 bridgehead atoms. The number of nitrogens with one attached hydrogen (secondary N) is 2. The molecule has 7 nitrogen and oxygen atoms in total. The Morgan fingerprint density at radius 1 is 1.39 bits per heavy atom. The minimum atomic E-state index is -0.239. The molecule has 3 heterocycles. The van der Waals surface area contributed by atoms with Gasteiger partial charge in [-0.2, -0.15) is 0 Å². The number of carbonyl (C=O) groups excluding carboxylic acids is 1. The normalized spacial score (nSPS) is 15.1. The number of aliphatic imine (C=N–C) groups is 1. The Bertz CT molecular complexity index is 938. The van der Waals surface area contributed by atoms with Crippen LogP contribution < -0.4 is 62.0 Å². The molecule has 0 fully saturated rings. The number of aromatic nitrogens is 2. The van der Waals surface area contributed by atoms with E-state index < -0.39 is 0 Å². The maximum absolute atomic E-state index is 12.3. The summed E-state index contributed by atoms with van der Waals surface area (Å²) in [7, 11) is 1.94. The standard InChI is InChI=1S/C20H21N6O.K/c1-14-9-16(11-21-10-14)20(27)25-19-6-4-5-18(24-19)15(2)22-7-8-23-17-12-26(3)13-17;/h4-6,8-13,15,22H,1-3H3,(H,24,25,27);/q-1;+1. The Morgan fingerprint density at radius 2 is 2.18 bits per heavy atom. The van der Waals surface area contributed by atoms with E-state index >= 15 is 0 Å². The summed E-state index contributed by atoms with van der Waals surface area (Å²) >= 11 is 0. The average Bonchev–Trinajstić information content (AvgIpc) is 2.63. The number of aryl methyl sites for hydroxylation is 1. The van der Waals surface area contributed by atoms with Crippen molar-refractivity contribution in [3.05, 3.63) is 72.4 Å². The van der Waals surface area contributed by atoms with Crippen molar-refractivity contribution < 1.29 is 60.8 Å². The predicted molar refractivity (Wildman–Crippen MR) is 105 cm³/mol. The fourth-order valence-corrected chi connectivity index (χ4v) is 2.45. The van der Waals surface area contributed by atoms with Gasteiger partial charge in [-0.05, 0) is 37.6 Å². The van der Waals surface area contributed by atoms with E-state index in [1.54, 1.807) is 24.5 Å². The van der Waals surface area contributed by atoms with E-state index in [0.29, 0.717) is 11.4 Å². The van der Waals surface area contributed by atoms with Gasteiger partial charge in [0, 0.05) is 18.4 Å². The molecule has 0 saturated heterocycles. The summed E-state index contributed by atoms with van der Waals surface area (Å²) in [5.74, 6) is 0.246. The number of rotatable bonds is 6. The molecule has 8 heteroatoms. The molecule has 1 atom stereocenters. The third-order valence-corrected chi connectivity index (χ3v) is 3.84. The van der Waals surface area contributed by atoms with Crippen LogP contribution in [0.1, 0.15) is 34.6 Å². The maximum atomic E-state index is 12.3.